The summed E-state index contributed by atoms with van der Waals surface area (Å²) in [6, 6.07) is 1.75. The molecule has 0 aromatic carbocycles. The van der Waals surface area contributed by atoms with Crippen molar-refractivity contribution >= 4 is 11.9 Å². The lowest BCUT2D eigenvalue weighted by Crippen LogP contribution is -2.35. The highest BCUT2D eigenvalue weighted by Crippen LogP contribution is 2.15. The van der Waals surface area contributed by atoms with E-state index < -0.39 is 5.97 Å². The van der Waals surface area contributed by atoms with Crippen LogP contribution in [0.5, 0.6) is 0 Å². The fourth-order valence-corrected chi connectivity index (χ4v) is 1.49. The van der Waals surface area contributed by atoms with E-state index >= 15 is 0 Å². The van der Waals surface area contributed by atoms with Gasteiger partial charge in [-0.05, 0) is 26.8 Å². The van der Waals surface area contributed by atoms with Crippen LogP contribution in [-0.2, 0) is 4.79 Å². The Kier molecular flexibility index (Phi) is 3.71. The molecule has 0 fully saturated rings. The highest BCUT2D eigenvalue weighted by Gasteiger charge is 2.21. The van der Waals surface area contributed by atoms with Gasteiger partial charge >= 0.3 is 5.97 Å². The molecule has 5 heteroatoms. The zero-order valence-corrected chi connectivity index (χ0v) is 9.61. The molecule has 1 rings (SSSR count). The molecule has 0 saturated heterocycles. The summed E-state index contributed by atoms with van der Waals surface area (Å²) in [5, 5.41) is 8.66. The van der Waals surface area contributed by atoms with E-state index in [1.807, 2.05) is 0 Å². The molecule has 0 spiro atoms. The Morgan fingerprint density at radius 2 is 2.06 bits per heavy atom. The second kappa shape index (κ2) is 4.83. The van der Waals surface area contributed by atoms with Crippen molar-refractivity contribution in [2.24, 2.45) is 0 Å². The first kappa shape index (κ1) is 12.3. The molecule has 0 radical (unpaired) electrons. The summed E-state index contributed by atoms with van der Waals surface area (Å²) >= 11 is 0. The van der Waals surface area contributed by atoms with Crippen LogP contribution < -0.4 is 0 Å². The van der Waals surface area contributed by atoms with E-state index in [2.05, 4.69) is 0 Å². The van der Waals surface area contributed by atoms with Gasteiger partial charge < -0.3 is 14.4 Å². The summed E-state index contributed by atoms with van der Waals surface area (Å²) in [5.41, 5.74) is 0.728. The summed E-state index contributed by atoms with van der Waals surface area (Å²) in [6.45, 7) is 5.26. The quantitative estimate of drug-likeness (QED) is 0.841. The first-order chi connectivity index (χ1) is 7.45. The zero-order chi connectivity index (χ0) is 12.3. The highest BCUT2D eigenvalue weighted by atomic mass is 16.4. The monoisotopic (exact) mass is 225 g/mol. The first-order valence-corrected chi connectivity index (χ1v) is 5.03. The minimum Gasteiger partial charge on any atom is -0.480 e. The van der Waals surface area contributed by atoms with Gasteiger partial charge in [-0.25, -0.2) is 0 Å². The van der Waals surface area contributed by atoms with Crippen molar-refractivity contribution in [3.05, 3.63) is 23.2 Å². The van der Waals surface area contributed by atoms with Gasteiger partial charge in [0.1, 0.15) is 12.3 Å². The lowest BCUT2D eigenvalue weighted by molar-refractivity contribution is -0.137. The van der Waals surface area contributed by atoms with Gasteiger partial charge in [0.25, 0.3) is 5.91 Å². The molecule has 1 heterocycles. The Labute approximate surface area is 93.7 Å². The number of carboxylic acids is 1. The van der Waals surface area contributed by atoms with Crippen molar-refractivity contribution in [1.29, 1.82) is 0 Å². The van der Waals surface area contributed by atoms with Crippen LogP contribution in [0.4, 0.5) is 0 Å². The third-order valence-corrected chi connectivity index (χ3v) is 2.23. The highest BCUT2D eigenvalue weighted by molar-refractivity contribution is 5.94. The molecule has 16 heavy (non-hydrogen) atoms. The van der Waals surface area contributed by atoms with E-state index in [-0.39, 0.29) is 18.2 Å². The fraction of sp³-hybridized carbons (Fsp3) is 0.455. The largest absolute Gasteiger partial charge is 0.480 e. The number of carbonyl (C=O) groups is 2. The molecule has 0 atom stereocenters. The standard InChI is InChI=1S/C11H15NO4/c1-4-12(6-9(13)14)11(15)10-7(2)5-8(3)16-10/h5H,4,6H2,1-3H3,(H,13,14). The Bertz CT molecular complexity index is 408. The van der Waals surface area contributed by atoms with Gasteiger partial charge in [-0.1, -0.05) is 0 Å². The average Bonchev–Trinajstić information content (AvgIpc) is 2.53. The number of likely N-dealkylation sites (N-methyl/N-ethyl adjacent to an activating group) is 1. The van der Waals surface area contributed by atoms with Gasteiger partial charge in [0.2, 0.25) is 0 Å². The molecular formula is C11H15NO4. The van der Waals surface area contributed by atoms with Crippen LogP contribution in [-0.4, -0.2) is 35.0 Å². The second-order valence-corrected chi connectivity index (χ2v) is 3.58. The van der Waals surface area contributed by atoms with Crippen LogP contribution in [0.15, 0.2) is 10.5 Å². The molecule has 0 unspecified atom stereocenters. The predicted octanol–water partition coefficient (Wildman–Crippen LogP) is 1.44. The normalized spacial score (nSPS) is 10.2. The minimum absolute atomic E-state index is 0.223. The Hall–Kier alpha value is -1.78. The summed E-state index contributed by atoms with van der Waals surface area (Å²) in [7, 11) is 0. The Morgan fingerprint density at radius 3 is 2.44 bits per heavy atom. The fourth-order valence-electron chi connectivity index (χ4n) is 1.49. The van der Waals surface area contributed by atoms with Gasteiger partial charge in [-0.2, -0.15) is 0 Å². The van der Waals surface area contributed by atoms with Gasteiger partial charge in [0, 0.05) is 12.1 Å². The molecule has 5 nitrogen and oxygen atoms in total. The maximum atomic E-state index is 11.9. The molecule has 1 amide bonds. The molecule has 0 saturated carbocycles. The van der Waals surface area contributed by atoms with Gasteiger partial charge in [-0.3, -0.25) is 9.59 Å². The molecule has 0 aliphatic rings. The van der Waals surface area contributed by atoms with Crippen molar-refractivity contribution in [3.8, 4) is 0 Å². The maximum absolute atomic E-state index is 11.9. The van der Waals surface area contributed by atoms with Crippen LogP contribution in [0.3, 0.4) is 0 Å². The van der Waals surface area contributed by atoms with Crippen molar-refractivity contribution in [3.63, 3.8) is 0 Å². The van der Waals surface area contributed by atoms with Gasteiger partial charge in [-0.15, -0.1) is 0 Å². The van der Waals surface area contributed by atoms with Crippen LogP contribution in [0.1, 0.15) is 28.8 Å². The molecular weight excluding hydrogens is 210 g/mol. The smallest absolute Gasteiger partial charge is 0.323 e. The van der Waals surface area contributed by atoms with Crippen LogP contribution in [0, 0.1) is 13.8 Å². The molecule has 1 aromatic rings. The number of aliphatic carboxylic acids is 1. The number of rotatable bonds is 4. The summed E-state index contributed by atoms with van der Waals surface area (Å²) in [4.78, 5) is 23.7. The number of nitrogens with zero attached hydrogens (tertiary/aromatic N) is 1. The molecule has 1 N–H and O–H groups in total. The molecule has 0 bridgehead atoms. The predicted molar refractivity (Wildman–Crippen MR) is 57.4 cm³/mol. The van der Waals surface area contributed by atoms with Gasteiger partial charge in [0.05, 0.1) is 0 Å². The Balaban J connectivity index is 2.91. The number of carboxylic acid groups (broad SMARTS) is 1. The first-order valence-electron chi connectivity index (χ1n) is 5.03. The van der Waals surface area contributed by atoms with E-state index in [1.54, 1.807) is 26.8 Å². The van der Waals surface area contributed by atoms with Gasteiger partial charge in [0.15, 0.2) is 5.76 Å². The van der Waals surface area contributed by atoms with Crippen LogP contribution in [0.25, 0.3) is 0 Å². The summed E-state index contributed by atoms with van der Waals surface area (Å²) in [6.07, 6.45) is 0. The van der Waals surface area contributed by atoms with Crippen LogP contribution >= 0.6 is 0 Å². The zero-order valence-electron chi connectivity index (χ0n) is 9.61. The minimum atomic E-state index is -1.03. The lowest BCUT2D eigenvalue weighted by atomic mass is 10.2. The third-order valence-electron chi connectivity index (χ3n) is 2.23. The van der Waals surface area contributed by atoms with E-state index in [0.717, 1.165) is 5.56 Å². The molecule has 88 valence electrons. The number of amides is 1. The SMILES string of the molecule is CCN(CC(=O)O)C(=O)c1oc(C)cc1C. The van der Waals surface area contributed by atoms with Crippen LogP contribution in [0.2, 0.25) is 0 Å². The molecule has 0 aliphatic carbocycles. The topological polar surface area (TPSA) is 70.8 Å². The van der Waals surface area contributed by atoms with E-state index in [1.165, 1.54) is 4.90 Å². The Morgan fingerprint density at radius 1 is 1.44 bits per heavy atom. The second-order valence-electron chi connectivity index (χ2n) is 3.58. The summed E-state index contributed by atoms with van der Waals surface area (Å²) < 4.78 is 5.26. The number of hydrogen-bond acceptors (Lipinski definition) is 3. The van der Waals surface area contributed by atoms with E-state index in [9.17, 15) is 9.59 Å². The number of furan rings is 1. The summed E-state index contributed by atoms with van der Waals surface area (Å²) in [5.74, 6) is -0.542. The molecule has 1 aromatic heterocycles. The number of aryl methyl sites for hydroxylation is 2. The number of carbonyl (C=O) groups excluding carboxylic acids is 1. The molecule has 0 aliphatic heterocycles. The van der Waals surface area contributed by atoms with Crippen molar-refractivity contribution in [1.82, 2.24) is 4.90 Å². The third kappa shape index (κ3) is 2.62. The number of hydrogen-bond donors (Lipinski definition) is 1. The van der Waals surface area contributed by atoms with Crippen molar-refractivity contribution < 1.29 is 19.1 Å². The lowest BCUT2D eigenvalue weighted by Gasteiger charge is -2.17. The maximum Gasteiger partial charge on any atom is 0.323 e. The van der Waals surface area contributed by atoms with E-state index in [0.29, 0.717) is 12.3 Å². The van der Waals surface area contributed by atoms with E-state index in [4.69, 9.17) is 9.52 Å². The van der Waals surface area contributed by atoms with Crippen molar-refractivity contribution in [2.45, 2.75) is 20.8 Å². The van der Waals surface area contributed by atoms with Crippen molar-refractivity contribution in [2.75, 3.05) is 13.1 Å². The average molecular weight is 225 g/mol.